The molecule has 5 nitrogen and oxygen atoms in total. The molecule has 1 aliphatic heterocycles. The van der Waals surface area contributed by atoms with Gasteiger partial charge < -0.3 is 4.74 Å². The van der Waals surface area contributed by atoms with E-state index in [-0.39, 0.29) is 5.41 Å². The van der Waals surface area contributed by atoms with E-state index in [1.165, 1.54) is 72.3 Å². The molecule has 0 saturated carbocycles. The molecule has 18 rings (SSSR count). The van der Waals surface area contributed by atoms with E-state index in [2.05, 4.69) is 362 Å². The Morgan fingerprint density at radius 3 is 1.35 bits per heavy atom. The summed E-state index contributed by atoms with van der Waals surface area (Å²) in [4.78, 5) is 4.95. The zero-order valence-corrected chi connectivity index (χ0v) is 53.0. The first-order chi connectivity index (χ1) is 46.7. The lowest BCUT2D eigenvalue weighted by Crippen LogP contribution is -2.28. The standard InChI is InChI=1S/C90H64N4O/c1-88(2,3)66-54-55-91-86(56-66)94-82-41-19-14-34-76(82)77-53-52-69(58-85(77)94)95-68-29-22-28-67(57-68)92-59-93(84-43-21-20-42-83(84)92)87-70(60-44-48-64(49-45-60)89(62-24-6-4-7-25-62)78-37-15-10-30-72(78)73-31-11-16-38-79(73)89)35-23-36-71(87)61-46-50-65(51-47-61)90(63-26-8-5-9-27-63)80-39-17-12-32-74(80)75-33-13-18-40-81(75)90/h4-58H,1-3H3/q+2. The Morgan fingerprint density at radius 1 is 0.358 bits per heavy atom. The van der Waals surface area contributed by atoms with E-state index in [4.69, 9.17) is 9.72 Å². The highest BCUT2D eigenvalue weighted by molar-refractivity contribution is 6.09. The molecule has 0 fully saturated rings. The molecular formula is C90H64N4O+2. The SMILES string of the molecule is CC(C)(C)c1ccnc(-n2c3ccccc3c3ccc(Oc4cccc([N+]5=C=[N+](c6c(-c7ccc(C8(c9ccccc9)c9ccccc9-c9ccccc98)cc7)cccc6-c6ccc(C7(c8ccccc8)c8ccccc8-c8ccccc87)cc6)c6ccccc65)c4)cc32)c1. The molecule has 0 radical (unpaired) electrons. The fourth-order valence-corrected chi connectivity index (χ4v) is 16.0. The van der Waals surface area contributed by atoms with Crippen LogP contribution in [0.2, 0.25) is 0 Å². The van der Waals surface area contributed by atoms with Crippen molar-refractivity contribution in [3.63, 3.8) is 0 Å². The van der Waals surface area contributed by atoms with E-state index >= 15 is 0 Å². The number of hydrogen-bond acceptors (Lipinski definition) is 2. The van der Waals surface area contributed by atoms with Gasteiger partial charge in [0.2, 0.25) is 11.4 Å². The molecule has 15 aromatic rings. The molecule has 0 bridgehead atoms. The van der Waals surface area contributed by atoms with Crippen LogP contribution in [0.25, 0.3) is 72.1 Å². The fraction of sp³-hybridized carbons (Fsp3) is 0.0667. The van der Waals surface area contributed by atoms with E-state index in [1.54, 1.807) is 0 Å². The van der Waals surface area contributed by atoms with Crippen molar-refractivity contribution in [2.24, 2.45) is 0 Å². The maximum absolute atomic E-state index is 6.94. The van der Waals surface area contributed by atoms with Gasteiger partial charge in [-0.3, -0.25) is 4.57 Å². The van der Waals surface area contributed by atoms with Crippen molar-refractivity contribution in [3.05, 3.63) is 384 Å². The van der Waals surface area contributed by atoms with Crippen LogP contribution in [0.1, 0.15) is 70.8 Å². The highest BCUT2D eigenvalue weighted by atomic mass is 16.5. The number of benzene rings is 13. The molecule has 0 amide bonds. The Bertz CT molecular complexity index is 5360. The van der Waals surface area contributed by atoms with Gasteiger partial charge in [0.15, 0.2) is 0 Å². The zero-order chi connectivity index (χ0) is 63.4. The van der Waals surface area contributed by atoms with Gasteiger partial charge in [-0.1, -0.05) is 269 Å². The Morgan fingerprint density at radius 2 is 0.800 bits per heavy atom. The first kappa shape index (κ1) is 55.8. The monoisotopic (exact) mass is 1220 g/mol. The number of hydrogen-bond donors (Lipinski definition) is 0. The molecule has 3 heterocycles. The highest BCUT2D eigenvalue weighted by Crippen LogP contribution is 2.58. The van der Waals surface area contributed by atoms with Gasteiger partial charge in [0.1, 0.15) is 17.3 Å². The maximum Gasteiger partial charge on any atom is 0.503 e. The smallest absolute Gasteiger partial charge is 0.457 e. The minimum Gasteiger partial charge on any atom is -0.457 e. The number of para-hydroxylation sites is 4. The summed E-state index contributed by atoms with van der Waals surface area (Å²) >= 11 is 0. The second kappa shape index (κ2) is 21.8. The molecule has 0 N–H and O–H groups in total. The number of pyridine rings is 1. The van der Waals surface area contributed by atoms with Crippen molar-refractivity contribution in [3.8, 4) is 61.8 Å². The summed E-state index contributed by atoms with van der Waals surface area (Å²) < 4.78 is 13.7. The summed E-state index contributed by atoms with van der Waals surface area (Å²) in [6, 6.07) is 124. The van der Waals surface area contributed by atoms with Crippen molar-refractivity contribution in [1.29, 1.82) is 0 Å². The normalized spacial score (nSPS) is 13.8. The lowest BCUT2D eigenvalue weighted by atomic mass is 9.67. The summed E-state index contributed by atoms with van der Waals surface area (Å²) in [5.41, 5.74) is 25.6. The van der Waals surface area contributed by atoms with Gasteiger partial charge in [0, 0.05) is 41.2 Å². The highest BCUT2D eigenvalue weighted by Gasteiger charge is 2.48. The molecule has 5 heteroatoms. The number of ether oxygens (including phenoxy) is 1. The third kappa shape index (κ3) is 8.60. The molecule has 2 aliphatic carbocycles. The number of fused-ring (bicyclic) bond motifs is 10. The summed E-state index contributed by atoms with van der Waals surface area (Å²) in [6.07, 6.45) is 1.93. The van der Waals surface area contributed by atoms with Crippen LogP contribution in [0.15, 0.2) is 334 Å². The van der Waals surface area contributed by atoms with Crippen molar-refractivity contribution >= 4 is 50.6 Å². The number of aromatic nitrogens is 2. The van der Waals surface area contributed by atoms with Crippen molar-refractivity contribution in [2.45, 2.75) is 37.0 Å². The van der Waals surface area contributed by atoms with Crippen LogP contribution in [-0.2, 0) is 16.2 Å². The Kier molecular flexibility index (Phi) is 12.8. The van der Waals surface area contributed by atoms with Crippen LogP contribution in [0, 0.1) is 0 Å². The van der Waals surface area contributed by atoms with E-state index in [0.29, 0.717) is 5.75 Å². The summed E-state index contributed by atoms with van der Waals surface area (Å²) in [5, 5.41) is 2.30. The first-order valence-corrected chi connectivity index (χ1v) is 32.8. The van der Waals surface area contributed by atoms with Gasteiger partial charge in [0.25, 0.3) is 11.4 Å². The topological polar surface area (TPSA) is 33.1 Å². The van der Waals surface area contributed by atoms with Gasteiger partial charge in [-0.05, 0) is 147 Å². The van der Waals surface area contributed by atoms with Gasteiger partial charge in [-0.15, -0.1) is 0 Å². The van der Waals surface area contributed by atoms with E-state index in [1.807, 2.05) is 12.3 Å². The van der Waals surface area contributed by atoms with Crippen LogP contribution in [0.3, 0.4) is 0 Å². The van der Waals surface area contributed by atoms with Gasteiger partial charge in [-0.2, -0.15) is 0 Å². The predicted molar refractivity (Wildman–Crippen MR) is 390 cm³/mol. The summed E-state index contributed by atoms with van der Waals surface area (Å²) in [6.45, 7) is 6.73. The Hall–Kier alpha value is -12.0. The Labute approximate surface area is 553 Å². The molecular weight excluding hydrogens is 1150 g/mol. The van der Waals surface area contributed by atoms with Gasteiger partial charge >= 0.3 is 6.01 Å². The van der Waals surface area contributed by atoms with Crippen molar-refractivity contribution in [2.75, 3.05) is 0 Å². The zero-order valence-electron chi connectivity index (χ0n) is 53.0. The largest absolute Gasteiger partial charge is 0.503 e. The van der Waals surface area contributed by atoms with Gasteiger partial charge in [0.05, 0.1) is 39.1 Å². The molecule has 0 atom stereocenters. The number of rotatable bonds is 11. The quantitative estimate of drug-likeness (QED) is 0.121. The predicted octanol–water partition coefficient (Wildman–Crippen LogP) is 22.2. The van der Waals surface area contributed by atoms with Crippen molar-refractivity contribution < 1.29 is 4.74 Å². The minimum absolute atomic E-state index is 0.0446. The minimum atomic E-state index is -0.534. The second-order valence-electron chi connectivity index (χ2n) is 26.3. The van der Waals surface area contributed by atoms with Crippen LogP contribution in [-0.4, -0.2) is 15.6 Å². The first-order valence-electron chi connectivity index (χ1n) is 32.8. The van der Waals surface area contributed by atoms with Crippen molar-refractivity contribution in [1.82, 2.24) is 18.7 Å². The van der Waals surface area contributed by atoms with E-state index in [0.717, 1.165) is 78.4 Å². The lowest BCUT2D eigenvalue weighted by Gasteiger charge is -2.34. The fourth-order valence-electron chi connectivity index (χ4n) is 16.0. The average molecular weight is 1220 g/mol. The van der Waals surface area contributed by atoms with E-state index in [9.17, 15) is 0 Å². The molecule has 0 unspecified atom stereocenters. The lowest BCUT2D eigenvalue weighted by molar-refractivity contribution is 0.483. The molecule has 2 aromatic heterocycles. The van der Waals surface area contributed by atoms with Crippen LogP contribution >= 0.6 is 0 Å². The van der Waals surface area contributed by atoms with Crippen LogP contribution in [0.4, 0.5) is 22.7 Å². The molecule has 95 heavy (non-hydrogen) atoms. The van der Waals surface area contributed by atoms with Crippen LogP contribution < -0.4 is 13.9 Å². The Balaban J connectivity index is 0.803. The van der Waals surface area contributed by atoms with E-state index < -0.39 is 10.8 Å². The summed E-state index contributed by atoms with van der Waals surface area (Å²) in [7, 11) is 0. The molecule has 0 spiro atoms. The molecule has 0 saturated heterocycles. The molecule has 448 valence electrons. The molecule has 3 aliphatic rings. The molecule has 13 aromatic carbocycles. The maximum atomic E-state index is 6.94. The third-order valence-corrected chi connectivity index (χ3v) is 20.2. The average Bonchev–Trinajstić information content (AvgIpc) is 1.56. The number of nitrogens with zero attached hydrogens (tertiary/aromatic N) is 4. The van der Waals surface area contributed by atoms with Crippen LogP contribution in [0.5, 0.6) is 11.5 Å². The van der Waals surface area contributed by atoms with Gasteiger partial charge in [-0.25, -0.2) is 4.98 Å². The third-order valence-electron chi connectivity index (χ3n) is 20.2. The second-order valence-corrected chi connectivity index (χ2v) is 26.3. The summed E-state index contributed by atoms with van der Waals surface area (Å²) in [5.74, 6) is 2.31.